The fraction of sp³-hybridized carbons (Fsp3) is 0.800. The molecule has 0 N–H and O–H groups in total. The molecule has 0 aliphatic rings. The first-order valence-corrected chi connectivity index (χ1v) is 6.66. The van der Waals surface area contributed by atoms with Gasteiger partial charge in [0.25, 0.3) is 0 Å². The number of hydrogen-bond donors (Lipinski definition) is 0. The summed E-state index contributed by atoms with van der Waals surface area (Å²) < 4.78 is 5.34. The average molecular weight is 240 g/mol. The van der Waals surface area contributed by atoms with Crippen molar-refractivity contribution in [3.8, 4) is 0 Å². The maximum Gasteiger partial charge on any atom is 0.330 e. The lowest BCUT2D eigenvalue weighted by atomic mass is 9.86. The second-order valence-electron chi connectivity index (χ2n) is 5.82. The van der Waals surface area contributed by atoms with E-state index >= 15 is 0 Å². The maximum atomic E-state index is 11.2. The minimum absolute atomic E-state index is 0.330. The molecule has 0 fully saturated rings. The number of carbonyl (C=O) groups is 1. The zero-order valence-electron chi connectivity index (χ0n) is 12.1. The molecule has 0 saturated carbocycles. The van der Waals surface area contributed by atoms with E-state index in [-0.39, 0.29) is 5.97 Å². The first-order valence-electron chi connectivity index (χ1n) is 6.66. The quantitative estimate of drug-likeness (QED) is 0.466. The van der Waals surface area contributed by atoms with Gasteiger partial charge < -0.3 is 4.74 Å². The van der Waals surface area contributed by atoms with Crippen molar-refractivity contribution in [3.63, 3.8) is 0 Å². The summed E-state index contributed by atoms with van der Waals surface area (Å²) >= 11 is 0. The van der Waals surface area contributed by atoms with Gasteiger partial charge in [0, 0.05) is 6.08 Å². The summed E-state index contributed by atoms with van der Waals surface area (Å²) in [6.45, 7) is 14.1. The maximum absolute atomic E-state index is 11.2. The van der Waals surface area contributed by atoms with E-state index in [4.69, 9.17) is 4.74 Å². The van der Waals surface area contributed by atoms with Gasteiger partial charge in [-0.2, -0.15) is 0 Å². The van der Waals surface area contributed by atoms with Gasteiger partial charge in [0.05, 0.1) is 0 Å². The number of hydrogen-bond acceptors (Lipinski definition) is 2. The van der Waals surface area contributed by atoms with Crippen molar-refractivity contribution in [1.29, 1.82) is 0 Å². The Balaban J connectivity index is 4.12. The largest absolute Gasteiger partial charge is 0.457 e. The first-order chi connectivity index (χ1) is 7.80. The van der Waals surface area contributed by atoms with E-state index < -0.39 is 5.60 Å². The molecule has 0 aromatic carbocycles. The van der Waals surface area contributed by atoms with E-state index in [0.29, 0.717) is 5.92 Å². The van der Waals surface area contributed by atoms with Crippen LogP contribution in [0.15, 0.2) is 12.7 Å². The second kappa shape index (κ2) is 7.52. The van der Waals surface area contributed by atoms with Crippen LogP contribution in [0.25, 0.3) is 0 Å². The zero-order chi connectivity index (χ0) is 13.5. The molecule has 0 saturated heterocycles. The predicted molar refractivity (Wildman–Crippen MR) is 72.8 cm³/mol. The van der Waals surface area contributed by atoms with Crippen LogP contribution in [0.1, 0.15) is 60.3 Å². The molecular formula is C15H28O2. The van der Waals surface area contributed by atoms with Crippen molar-refractivity contribution in [2.45, 2.75) is 65.9 Å². The second-order valence-corrected chi connectivity index (χ2v) is 5.82. The number of esters is 1. The van der Waals surface area contributed by atoms with Crippen molar-refractivity contribution >= 4 is 5.97 Å². The SMILES string of the molecule is C=CC(=O)OC(C)(C)CC(C)CC(C)CCC. The zero-order valence-corrected chi connectivity index (χ0v) is 12.1. The summed E-state index contributed by atoms with van der Waals surface area (Å²) in [6, 6.07) is 0. The van der Waals surface area contributed by atoms with E-state index in [1.165, 1.54) is 25.3 Å². The normalized spacial score (nSPS) is 15.1. The Morgan fingerprint density at radius 3 is 2.41 bits per heavy atom. The van der Waals surface area contributed by atoms with Gasteiger partial charge in [0.1, 0.15) is 5.60 Å². The molecule has 0 aromatic rings. The Morgan fingerprint density at radius 1 is 1.35 bits per heavy atom. The van der Waals surface area contributed by atoms with Crippen molar-refractivity contribution in [2.75, 3.05) is 0 Å². The van der Waals surface area contributed by atoms with Crippen LogP contribution in [0.4, 0.5) is 0 Å². The highest BCUT2D eigenvalue weighted by Crippen LogP contribution is 2.26. The van der Waals surface area contributed by atoms with Crippen LogP contribution in [-0.4, -0.2) is 11.6 Å². The van der Waals surface area contributed by atoms with E-state index in [1.54, 1.807) is 0 Å². The van der Waals surface area contributed by atoms with Gasteiger partial charge >= 0.3 is 5.97 Å². The molecule has 0 aromatic heterocycles. The van der Waals surface area contributed by atoms with Crippen LogP contribution in [-0.2, 0) is 9.53 Å². The van der Waals surface area contributed by atoms with Crippen LogP contribution >= 0.6 is 0 Å². The lowest BCUT2D eigenvalue weighted by molar-refractivity contribution is -0.151. The van der Waals surface area contributed by atoms with Gasteiger partial charge in [-0.25, -0.2) is 4.79 Å². The summed E-state index contributed by atoms with van der Waals surface area (Å²) in [5, 5.41) is 0. The van der Waals surface area contributed by atoms with Crippen LogP contribution < -0.4 is 0 Å². The van der Waals surface area contributed by atoms with Crippen LogP contribution in [0.3, 0.4) is 0 Å². The van der Waals surface area contributed by atoms with Crippen LogP contribution in [0.5, 0.6) is 0 Å². The fourth-order valence-electron chi connectivity index (χ4n) is 2.58. The summed E-state index contributed by atoms with van der Waals surface area (Å²) in [5.74, 6) is 0.994. The summed E-state index contributed by atoms with van der Waals surface area (Å²) in [6.07, 6.45) is 5.84. The molecule has 0 heterocycles. The van der Waals surface area contributed by atoms with Gasteiger partial charge in [0.2, 0.25) is 0 Å². The van der Waals surface area contributed by atoms with Crippen LogP contribution in [0, 0.1) is 11.8 Å². The van der Waals surface area contributed by atoms with Crippen molar-refractivity contribution < 1.29 is 9.53 Å². The molecule has 2 unspecified atom stereocenters. The van der Waals surface area contributed by atoms with E-state index in [9.17, 15) is 4.79 Å². The molecule has 0 spiro atoms. The van der Waals surface area contributed by atoms with Gasteiger partial charge in [-0.15, -0.1) is 0 Å². The Bertz CT molecular complexity index is 243. The molecule has 100 valence electrons. The Hall–Kier alpha value is -0.790. The third-order valence-corrected chi connectivity index (χ3v) is 2.97. The predicted octanol–water partition coefficient (Wildman–Crippen LogP) is 4.35. The Kier molecular flexibility index (Phi) is 7.17. The third-order valence-electron chi connectivity index (χ3n) is 2.97. The van der Waals surface area contributed by atoms with Crippen molar-refractivity contribution in [1.82, 2.24) is 0 Å². The summed E-state index contributed by atoms with van der Waals surface area (Å²) in [5.41, 5.74) is -0.392. The summed E-state index contributed by atoms with van der Waals surface area (Å²) in [7, 11) is 0. The monoisotopic (exact) mass is 240 g/mol. The summed E-state index contributed by atoms with van der Waals surface area (Å²) in [4.78, 5) is 11.2. The smallest absolute Gasteiger partial charge is 0.330 e. The van der Waals surface area contributed by atoms with Crippen molar-refractivity contribution in [2.24, 2.45) is 11.8 Å². The Labute approximate surface area is 106 Å². The van der Waals surface area contributed by atoms with Crippen LogP contribution in [0.2, 0.25) is 0 Å². The molecule has 2 heteroatoms. The molecule has 2 atom stereocenters. The Morgan fingerprint density at radius 2 is 1.94 bits per heavy atom. The fourth-order valence-corrected chi connectivity index (χ4v) is 2.58. The van der Waals surface area contributed by atoms with E-state index in [2.05, 4.69) is 27.4 Å². The number of ether oxygens (including phenoxy) is 1. The molecule has 0 amide bonds. The third kappa shape index (κ3) is 8.00. The molecule has 2 nitrogen and oxygen atoms in total. The lowest BCUT2D eigenvalue weighted by Crippen LogP contribution is -2.30. The molecule has 0 radical (unpaired) electrons. The topological polar surface area (TPSA) is 26.3 Å². The van der Waals surface area contributed by atoms with E-state index in [0.717, 1.165) is 12.3 Å². The number of rotatable bonds is 8. The van der Waals surface area contributed by atoms with Gasteiger partial charge in [0.15, 0.2) is 0 Å². The molecular weight excluding hydrogens is 212 g/mol. The first kappa shape index (κ1) is 16.2. The van der Waals surface area contributed by atoms with Crippen molar-refractivity contribution in [3.05, 3.63) is 12.7 Å². The molecule has 0 bridgehead atoms. The molecule has 17 heavy (non-hydrogen) atoms. The number of carbonyl (C=O) groups excluding carboxylic acids is 1. The van der Waals surface area contributed by atoms with Gasteiger partial charge in [-0.3, -0.25) is 0 Å². The highest BCUT2D eigenvalue weighted by Gasteiger charge is 2.25. The van der Waals surface area contributed by atoms with Gasteiger partial charge in [-0.1, -0.05) is 40.2 Å². The molecule has 0 aliphatic carbocycles. The highest BCUT2D eigenvalue weighted by molar-refractivity contribution is 5.81. The lowest BCUT2D eigenvalue weighted by Gasteiger charge is -2.28. The standard InChI is InChI=1S/C15H28O2/c1-7-9-12(3)10-13(4)11-15(5,6)17-14(16)8-2/h8,12-13H,2,7,9-11H2,1,3-6H3. The molecule has 0 rings (SSSR count). The highest BCUT2D eigenvalue weighted by atomic mass is 16.6. The minimum Gasteiger partial charge on any atom is -0.457 e. The van der Waals surface area contributed by atoms with E-state index in [1.807, 2.05) is 13.8 Å². The van der Waals surface area contributed by atoms with Gasteiger partial charge in [-0.05, 0) is 38.5 Å². The molecule has 0 aliphatic heterocycles. The minimum atomic E-state index is -0.392. The average Bonchev–Trinajstić information content (AvgIpc) is 2.15.